The van der Waals surface area contributed by atoms with Gasteiger partial charge in [-0.05, 0) is 38.1 Å². The van der Waals surface area contributed by atoms with Gasteiger partial charge in [-0.2, -0.15) is 0 Å². The van der Waals surface area contributed by atoms with Crippen molar-refractivity contribution < 1.29 is 4.79 Å². The Hall–Kier alpha value is -1.88. The van der Waals surface area contributed by atoms with E-state index in [0.717, 1.165) is 22.8 Å². The second-order valence-electron chi connectivity index (χ2n) is 4.15. The van der Waals surface area contributed by atoms with Gasteiger partial charge in [0.1, 0.15) is 0 Å². The fourth-order valence-electron chi connectivity index (χ4n) is 1.70. The molecule has 1 heterocycles. The maximum atomic E-state index is 12.0. The fraction of sp³-hybridized carbons (Fsp3) is 0.286. The summed E-state index contributed by atoms with van der Waals surface area (Å²) in [5, 5.41) is 6.10. The molecule has 2 N–H and O–H groups in total. The van der Waals surface area contributed by atoms with Crippen LogP contribution in [0.25, 0.3) is 0 Å². The molecule has 100 valence electrons. The van der Waals surface area contributed by atoms with Crippen LogP contribution in [0.2, 0.25) is 0 Å². The minimum absolute atomic E-state index is 0.0594. The van der Waals surface area contributed by atoms with Crippen LogP contribution in [0.1, 0.15) is 27.9 Å². The van der Waals surface area contributed by atoms with Gasteiger partial charge in [0.25, 0.3) is 5.91 Å². The molecule has 5 heteroatoms. The predicted octanol–water partition coefficient (Wildman–Crippen LogP) is 2.81. The van der Waals surface area contributed by atoms with Gasteiger partial charge in [-0.3, -0.25) is 4.79 Å². The van der Waals surface area contributed by atoms with E-state index in [1.165, 1.54) is 0 Å². The number of hydrogen-bond acceptors (Lipinski definition) is 4. The highest BCUT2D eigenvalue weighted by molar-refractivity contribution is 7.09. The quantitative estimate of drug-likeness (QED) is 0.882. The number of aromatic nitrogens is 1. The van der Waals surface area contributed by atoms with Crippen LogP contribution in [0.3, 0.4) is 0 Å². The molecule has 1 aromatic heterocycles. The third kappa shape index (κ3) is 3.54. The van der Waals surface area contributed by atoms with Crippen LogP contribution in [0.4, 0.5) is 5.69 Å². The Morgan fingerprint density at radius 1 is 1.32 bits per heavy atom. The van der Waals surface area contributed by atoms with Crippen molar-refractivity contribution in [1.82, 2.24) is 10.3 Å². The SMILES string of the molecule is CCNc1ccc(C(=O)NCc2scnc2C)cc1. The number of thiazole rings is 1. The van der Waals surface area contributed by atoms with Crippen molar-refractivity contribution in [3.8, 4) is 0 Å². The van der Waals surface area contributed by atoms with Crippen molar-refractivity contribution >= 4 is 22.9 Å². The van der Waals surface area contributed by atoms with Crippen molar-refractivity contribution in [2.24, 2.45) is 0 Å². The molecule has 19 heavy (non-hydrogen) atoms. The van der Waals surface area contributed by atoms with E-state index in [1.807, 2.05) is 38.1 Å². The molecule has 0 aliphatic heterocycles. The zero-order chi connectivity index (χ0) is 13.7. The molecule has 2 rings (SSSR count). The van der Waals surface area contributed by atoms with E-state index in [9.17, 15) is 4.79 Å². The van der Waals surface area contributed by atoms with Gasteiger partial charge in [0.05, 0.1) is 17.7 Å². The number of hydrogen-bond donors (Lipinski definition) is 2. The standard InChI is InChI=1S/C14H17N3OS/c1-3-15-12-6-4-11(5-7-12)14(18)16-8-13-10(2)17-9-19-13/h4-7,9,15H,3,8H2,1-2H3,(H,16,18). The first-order chi connectivity index (χ1) is 9.20. The third-order valence-electron chi connectivity index (χ3n) is 2.78. The van der Waals surface area contributed by atoms with Crippen LogP contribution in [0.5, 0.6) is 0 Å². The van der Waals surface area contributed by atoms with Gasteiger partial charge in [0.15, 0.2) is 0 Å². The molecule has 1 amide bonds. The van der Waals surface area contributed by atoms with Gasteiger partial charge in [-0.1, -0.05) is 0 Å². The van der Waals surface area contributed by atoms with Gasteiger partial charge in [0.2, 0.25) is 0 Å². The average molecular weight is 275 g/mol. The van der Waals surface area contributed by atoms with Crippen LogP contribution >= 0.6 is 11.3 Å². The van der Waals surface area contributed by atoms with Crippen LogP contribution in [-0.2, 0) is 6.54 Å². The van der Waals surface area contributed by atoms with E-state index in [4.69, 9.17) is 0 Å². The first-order valence-corrected chi connectivity index (χ1v) is 7.09. The average Bonchev–Trinajstić information content (AvgIpc) is 2.83. The van der Waals surface area contributed by atoms with E-state index < -0.39 is 0 Å². The molecule has 0 aliphatic carbocycles. The highest BCUT2D eigenvalue weighted by Crippen LogP contribution is 2.12. The molecule has 0 radical (unpaired) electrons. The van der Waals surface area contributed by atoms with Gasteiger partial charge >= 0.3 is 0 Å². The van der Waals surface area contributed by atoms with E-state index in [2.05, 4.69) is 15.6 Å². The van der Waals surface area contributed by atoms with Gasteiger partial charge in [-0.15, -0.1) is 11.3 Å². The number of nitrogens with one attached hydrogen (secondary N) is 2. The zero-order valence-corrected chi connectivity index (χ0v) is 11.9. The monoisotopic (exact) mass is 275 g/mol. The second kappa shape index (κ2) is 6.33. The first-order valence-electron chi connectivity index (χ1n) is 6.21. The molecule has 0 spiro atoms. The van der Waals surface area contributed by atoms with Crippen molar-refractivity contribution in [2.45, 2.75) is 20.4 Å². The number of amides is 1. The lowest BCUT2D eigenvalue weighted by Gasteiger charge is -2.06. The zero-order valence-electron chi connectivity index (χ0n) is 11.1. The summed E-state index contributed by atoms with van der Waals surface area (Å²) < 4.78 is 0. The Kier molecular flexibility index (Phi) is 4.52. The summed E-state index contributed by atoms with van der Waals surface area (Å²) in [6, 6.07) is 7.48. The normalized spacial score (nSPS) is 10.2. The summed E-state index contributed by atoms with van der Waals surface area (Å²) in [4.78, 5) is 17.2. The summed E-state index contributed by atoms with van der Waals surface area (Å²) in [6.07, 6.45) is 0. The molecule has 0 saturated carbocycles. The number of carbonyl (C=O) groups excluding carboxylic acids is 1. The Bertz CT molecular complexity index is 548. The van der Waals surface area contributed by atoms with Crippen molar-refractivity contribution in [3.63, 3.8) is 0 Å². The van der Waals surface area contributed by atoms with Gasteiger partial charge < -0.3 is 10.6 Å². The van der Waals surface area contributed by atoms with Crippen molar-refractivity contribution in [1.29, 1.82) is 0 Å². The molecule has 4 nitrogen and oxygen atoms in total. The maximum Gasteiger partial charge on any atom is 0.251 e. The lowest BCUT2D eigenvalue weighted by Crippen LogP contribution is -2.22. The summed E-state index contributed by atoms with van der Waals surface area (Å²) in [5.74, 6) is -0.0594. The van der Waals surface area contributed by atoms with Crippen LogP contribution < -0.4 is 10.6 Å². The Labute approximate surface area is 116 Å². The van der Waals surface area contributed by atoms with E-state index >= 15 is 0 Å². The summed E-state index contributed by atoms with van der Waals surface area (Å²) in [7, 11) is 0. The highest BCUT2D eigenvalue weighted by Gasteiger charge is 2.07. The largest absolute Gasteiger partial charge is 0.385 e. The molecular weight excluding hydrogens is 258 g/mol. The number of aryl methyl sites for hydroxylation is 1. The molecule has 0 bridgehead atoms. The molecular formula is C14H17N3OS. The number of carbonyl (C=O) groups is 1. The Morgan fingerprint density at radius 2 is 2.05 bits per heavy atom. The van der Waals surface area contributed by atoms with Crippen molar-refractivity contribution in [3.05, 3.63) is 45.9 Å². The maximum absolute atomic E-state index is 12.0. The van der Waals surface area contributed by atoms with Crippen LogP contribution in [0.15, 0.2) is 29.8 Å². The molecule has 2 aromatic rings. The highest BCUT2D eigenvalue weighted by atomic mass is 32.1. The van der Waals surface area contributed by atoms with Crippen LogP contribution in [0, 0.1) is 6.92 Å². The molecule has 0 atom stereocenters. The molecule has 0 unspecified atom stereocenters. The predicted molar refractivity (Wildman–Crippen MR) is 78.6 cm³/mol. The van der Waals surface area contributed by atoms with E-state index in [1.54, 1.807) is 16.8 Å². The van der Waals surface area contributed by atoms with E-state index in [0.29, 0.717) is 12.1 Å². The minimum Gasteiger partial charge on any atom is -0.385 e. The lowest BCUT2D eigenvalue weighted by molar-refractivity contribution is 0.0951. The van der Waals surface area contributed by atoms with Gasteiger partial charge in [0, 0.05) is 22.7 Å². The summed E-state index contributed by atoms with van der Waals surface area (Å²) in [6.45, 7) is 5.39. The third-order valence-corrected chi connectivity index (χ3v) is 3.72. The molecule has 0 aliphatic rings. The molecule has 0 fully saturated rings. The molecule has 1 aromatic carbocycles. The fourth-order valence-corrected chi connectivity index (χ4v) is 2.42. The summed E-state index contributed by atoms with van der Waals surface area (Å²) >= 11 is 1.56. The number of benzene rings is 1. The topological polar surface area (TPSA) is 54.0 Å². The summed E-state index contributed by atoms with van der Waals surface area (Å²) in [5.41, 5.74) is 4.47. The number of nitrogens with zero attached hydrogens (tertiary/aromatic N) is 1. The van der Waals surface area contributed by atoms with Crippen LogP contribution in [-0.4, -0.2) is 17.4 Å². The lowest BCUT2D eigenvalue weighted by atomic mass is 10.2. The number of anilines is 1. The smallest absolute Gasteiger partial charge is 0.251 e. The molecule has 0 saturated heterocycles. The van der Waals surface area contributed by atoms with E-state index in [-0.39, 0.29) is 5.91 Å². The number of rotatable bonds is 5. The Morgan fingerprint density at radius 3 is 2.63 bits per heavy atom. The Balaban J connectivity index is 1.94. The van der Waals surface area contributed by atoms with Gasteiger partial charge in [-0.25, -0.2) is 4.98 Å². The second-order valence-corrected chi connectivity index (χ2v) is 5.09. The van der Waals surface area contributed by atoms with Crippen molar-refractivity contribution in [2.75, 3.05) is 11.9 Å². The minimum atomic E-state index is -0.0594. The first kappa shape index (κ1) is 13.5.